The van der Waals surface area contributed by atoms with Crippen LogP contribution in [-0.2, 0) is 10.0 Å². The first kappa shape index (κ1) is 16.3. The molecule has 0 spiro atoms. The minimum Gasteiger partial charge on any atom is -0.354 e. The molecule has 6 nitrogen and oxygen atoms in total. The van der Waals surface area contributed by atoms with Crippen molar-refractivity contribution < 1.29 is 8.42 Å². The van der Waals surface area contributed by atoms with Crippen molar-refractivity contribution in [1.29, 1.82) is 0 Å². The summed E-state index contributed by atoms with van der Waals surface area (Å²) in [4.78, 5) is 4.49. The van der Waals surface area contributed by atoms with Crippen LogP contribution < -0.4 is 5.32 Å². The highest BCUT2D eigenvalue weighted by atomic mass is 32.2. The van der Waals surface area contributed by atoms with E-state index < -0.39 is 10.0 Å². The Morgan fingerprint density at radius 3 is 2.38 bits per heavy atom. The minimum atomic E-state index is -3.79. The van der Waals surface area contributed by atoms with Crippen molar-refractivity contribution in [3.05, 3.63) is 78.6 Å². The normalized spacial score (nSPS) is 11.6. The lowest BCUT2D eigenvalue weighted by Gasteiger charge is -2.07. The van der Waals surface area contributed by atoms with Crippen LogP contribution in [0.25, 0.3) is 11.0 Å². The topological polar surface area (TPSA) is 76.9 Å². The smallest absolute Gasteiger partial charge is 0.284 e. The number of aryl methyl sites for hydroxylation is 1. The Kier molecular flexibility index (Phi) is 3.93. The quantitative estimate of drug-likeness (QED) is 0.597. The molecule has 4 rings (SSSR count). The van der Waals surface area contributed by atoms with Gasteiger partial charge < -0.3 is 5.32 Å². The van der Waals surface area contributed by atoms with Gasteiger partial charge in [0.1, 0.15) is 0 Å². The molecule has 130 valence electrons. The van der Waals surface area contributed by atoms with Crippen LogP contribution in [0.15, 0.2) is 78.0 Å². The second kappa shape index (κ2) is 6.27. The summed E-state index contributed by atoms with van der Waals surface area (Å²) in [6.07, 6.45) is 3.10. The molecule has 0 atom stereocenters. The van der Waals surface area contributed by atoms with Gasteiger partial charge in [-0.3, -0.25) is 0 Å². The molecule has 0 fully saturated rings. The molecule has 2 aromatic heterocycles. The number of pyridine rings is 1. The van der Waals surface area contributed by atoms with E-state index in [4.69, 9.17) is 0 Å². The van der Waals surface area contributed by atoms with E-state index >= 15 is 0 Å². The molecule has 0 radical (unpaired) electrons. The van der Waals surface area contributed by atoms with Gasteiger partial charge in [0.2, 0.25) is 0 Å². The summed E-state index contributed by atoms with van der Waals surface area (Å²) in [6, 6.07) is 18.2. The zero-order chi connectivity index (χ0) is 18.1. The van der Waals surface area contributed by atoms with E-state index in [1.54, 1.807) is 30.5 Å². The lowest BCUT2D eigenvalue weighted by molar-refractivity contribution is 0.582. The average Bonchev–Trinajstić information content (AvgIpc) is 3.07. The molecular formula is C19H16N4O2S. The second-order valence-corrected chi connectivity index (χ2v) is 7.70. The fourth-order valence-electron chi connectivity index (χ4n) is 2.64. The number of hydrogen-bond donors (Lipinski definition) is 1. The number of anilines is 2. The number of fused-ring (bicyclic) bond motifs is 1. The molecule has 4 aromatic rings. The van der Waals surface area contributed by atoms with Crippen LogP contribution in [0.5, 0.6) is 0 Å². The summed E-state index contributed by atoms with van der Waals surface area (Å²) in [5.41, 5.74) is 2.97. The lowest BCUT2D eigenvalue weighted by Crippen LogP contribution is -2.15. The molecule has 0 aliphatic rings. The molecule has 0 bridgehead atoms. The number of hydrogen-bond acceptors (Lipinski definition) is 5. The third kappa shape index (κ3) is 2.93. The Morgan fingerprint density at radius 1 is 0.923 bits per heavy atom. The number of rotatable bonds is 4. The monoisotopic (exact) mass is 364 g/mol. The van der Waals surface area contributed by atoms with Gasteiger partial charge in [-0.2, -0.15) is 13.5 Å². The van der Waals surface area contributed by atoms with Gasteiger partial charge in [-0.05, 0) is 37.3 Å². The minimum absolute atomic E-state index is 0.182. The zero-order valence-corrected chi connectivity index (χ0v) is 14.8. The van der Waals surface area contributed by atoms with Crippen LogP contribution in [0.4, 0.5) is 11.4 Å². The third-order valence-corrected chi connectivity index (χ3v) is 5.58. The third-order valence-electron chi connectivity index (χ3n) is 3.99. The molecule has 0 saturated heterocycles. The molecule has 0 saturated carbocycles. The van der Waals surface area contributed by atoms with Crippen molar-refractivity contribution in [2.75, 3.05) is 5.32 Å². The zero-order valence-electron chi connectivity index (χ0n) is 14.0. The van der Waals surface area contributed by atoms with E-state index in [9.17, 15) is 8.42 Å². The summed E-state index contributed by atoms with van der Waals surface area (Å²) in [5.74, 6) is 0. The molecule has 26 heavy (non-hydrogen) atoms. The number of para-hydroxylation sites is 1. The van der Waals surface area contributed by atoms with Crippen molar-refractivity contribution in [2.24, 2.45) is 0 Å². The Labute approximate surface area is 151 Å². The van der Waals surface area contributed by atoms with Crippen LogP contribution in [0.2, 0.25) is 0 Å². The van der Waals surface area contributed by atoms with Crippen LogP contribution in [0.1, 0.15) is 5.56 Å². The Hall–Kier alpha value is -3.19. The fourth-order valence-corrected chi connectivity index (χ4v) is 3.87. The molecule has 2 heterocycles. The first-order valence-corrected chi connectivity index (χ1v) is 9.46. The second-order valence-electron chi connectivity index (χ2n) is 5.93. The Morgan fingerprint density at radius 2 is 1.65 bits per heavy atom. The molecule has 0 aliphatic carbocycles. The van der Waals surface area contributed by atoms with E-state index in [0.717, 1.165) is 21.0 Å². The van der Waals surface area contributed by atoms with E-state index in [2.05, 4.69) is 15.4 Å². The Bertz CT molecular complexity index is 1170. The lowest BCUT2D eigenvalue weighted by atomic mass is 10.2. The predicted octanol–water partition coefficient (Wildman–Crippen LogP) is 3.72. The van der Waals surface area contributed by atoms with Crippen molar-refractivity contribution >= 4 is 32.4 Å². The fraction of sp³-hybridized carbons (Fsp3) is 0.0526. The van der Waals surface area contributed by atoms with Crippen molar-refractivity contribution in [1.82, 2.24) is 14.2 Å². The molecule has 2 aromatic carbocycles. The number of benzene rings is 2. The maximum absolute atomic E-state index is 12.8. The largest absolute Gasteiger partial charge is 0.354 e. The van der Waals surface area contributed by atoms with Crippen molar-refractivity contribution in [3.8, 4) is 0 Å². The SMILES string of the molecule is Cc1ccc(S(=O)(=O)n2ncc3cc(Nc4ccccc4)cnc32)cc1. The van der Waals surface area contributed by atoms with E-state index in [0.29, 0.717) is 11.0 Å². The molecule has 0 aliphatic heterocycles. The number of aromatic nitrogens is 3. The van der Waals surface area contributed by atoms with Gasteiger partial charge in [0, 0.05) is 11.1 Å². The van der Waals surface area contributed by atoms with Gasteiger partial charge in [-0.15, -0.1) is 4.09 Å². The summed E-state index contributed by atoms with van der Waals surface area (Å²) in [5, 5.41) is 7.93. The number of nitrogens with one attached hydrogen (secondary N) is 1. The summed E-state index contributed by atoms with van der Waals surface area (Å²) >= 11 is 0. The molecule has 0 unspecified atom stereocenters. The standard InChI is InChI=1S/C19H16N4O2S/c1-14-7-9-18(10-8-14)26(24,25)23-19-15(12-21-23)11-17(13-20-19)22-16-5-3-2-4-6-16/h2-13,22H,1H3. The van der Waals surface area contributed by atoms with Crippen LogP contribution in [0.3, 0.4) is 0 Å². The van der Waals surface area contributed by atoms with Crippen LogP contribution in [0, 0.1) is 6.92 Å². The van der Waals surface area contributed by atoms with Gasteiger partial charge in [-0.1, -0.05) is 35.9 Å². The maximum Gasteiger partial charge on any atom is 0.284 e. The van der Waals surface area contributed by atoms with Crippen LogP contribution >= 0.6 is 0 Å². The molecular weight excluding hydrogens is 348 g/mol. The first-order valence-electron chi connectivity index (χ1n) is 8.02. The van der Waals surface area contributed by atoms with E-state index in [1.807, 2.05) is 43.3 Å². The number of nitrogens with zero attached hydrogens (tertiary/aromatic N) is 3. The molecule has 7 heteroatoms. The Balaban J connectivity index is 1.72. The molecule has 1 N–H and O–H groups in total. The average molecular weight is 364 g/mol. The highest BCUT2D eigenvalue weighted by molar-refractivity contribution is 7.90. The molecule has 0 amide bonds. The summed E-state index contributed by atoms with van der Waals surface area (Å²) < 4.78 is 26.7. The van der Waals surface area contributed by atoms with Gasteiger partial charge in [0.05, 0.1) is 23.0 Å². The van der Waals surface area contributed by atoms with E-state index in [1.165, 1.54) is 6.20 Å². The maximum atomic E-state index is 12.8. The van der Waals surface area contributed by atoms with Crippen LogP contribution in [-0.4, -0.2) is 22.6 Å². The van der Waals surface area contributed by atoms with Crippen molar-refractivity contribution in [2.45, 2.75) is 11.8 Å². The van der Waals surface area contributed by atoms with Crippen molar-refractivity contribution in [3.63, 3.8) is 0 Å². The predicted molar refractivity (Wildman–Crippen MR) is 101 cm³/mol. The summed E-state index contributed by atoms with van der Waals surface area (Å²) in [6.45, 7) is 1.91. The van der Waals surface area contributed by atoms with Gasteiger partial charge in [0.15, 0.2) is 5.65 Å². The van der Waals surface area contributed by atoms with Gasteiger partial charge >= 0.3 is 0 Å². The van der Waals surface area contributed by atoms with Gasteiger partial charge in [-0.25, -0.2) is 4.98 Å². The highest BCUT2D eigenvalue weighted by Crippen LogP contribution is 2.23. The van der Waals surface area contributed by atoms with Gasteiger partial charge in [0.25, 0.3) is 10.0 Å². The first-order chi connectivity index (χ1) is 12.5. The summed E-state index contributed by atoms with van der Waals surface area (Å²) in [7, 11) is -3.79. The van der Waals surface area contributed by atoms with E-state index in [-0.39, 0.29) is 4.90 Å². The highest BCUT2D eigenvalue weighted by Gasteiger charge is 2.21.